The molecular formula is C6H12N4. The monoisotopic (exact) mass is 140 g/mol. The van der Waals surface area contributed by atoms with E-state index in [4.69, 9.17) is 0 Å². The van der Waals surface area contributed by atoms with E-state index in [1.807, 2.05) is 0 Å². The lowest BCUT2D eigenvalue weighted by Gasteiger charge is -1.90. The summed E-state index contributed by atoms with van der Waals surface area (Å²) in [7, 11) is 0. The number of hydrogen-bond acceptors (Lipinski definition) is 3. The van der Waals surface area contributed by atoms with Gasteiger partial charge in [0.25, 0.3) is 0 Å². The fraction of sp³-hybridized carbons (Fsp3) is 0.833. The van der Waals surface area contributed by atoms with Gasteiger partial charge in [-0.05, 0) is 6.42 Å². The number of tetrazole rings is 1. The smallest absolute Gasteiger partial charge is 0.174 e. The second-order valence-corrected chi connectivity index (χ2v) is 2.29. The van der Waals surface area contributed by atoms with E-state index < -0.39 is 0 Å². The van der Waals surface area contributed by atoms with Crippen LogP contribution < -0.4 is 0 Å². The van der Waals surface area contributed by atoms with Gasteiger partial charge in [-0.25, -0.2) is 0 Å². The Morgan fingerprint density at radius 3 is 2.90 bits per heavy atom. The molecule has 0 unspecified atom stereocenters. The van der Waals surface area contributed by atoms with E-state index >= 15 is 0 Å². The first-order chi connectivity index (χ1) is 4.93. The van der Waals surface area contributed by atoms with Gasteiger partial charge in [0.15, 0.2) is 5.82 Å². The van der Waals surface area contributed by atoms with Gasteiger partial charge in [-0.1, -0.05) is 25.0 Å². The summed E-state index contributed by atoms with van der Waals surface area (Å²) in [6, 6.07) is 0. The second kappa shape index (κ2) is 3.98. The lowest BCUT2D eigenvalue weighted by atomic mass is 10.2. The van der Waals surface area contributed by atoms with E-state index in [0.717, 1.165) is 18.7 Å². The molecule has 0 radical (unpaired) electrons. The van der Waals surface area contributed by atoms with Crippen molar-refractivity contribution in [3.8, 4) is 0 Å². The Bertz CT molecular complexity index is 158. The van der Waals surface area contributed by atoms with Gasteiger partial charge >= 0.3 is 0 Å². The predicted octanol–water partition coefficient (Wildman–Crippen LogP) is 0.932. The van der Waals surface area contributed by atoms with Crippen molar-refractivity contribution in [2.24, 2.45) is 0 Å². The highest BCUT2D eigenvalue weighted by Gasteiger charge is 1.95. The molecule has 0 fully saturated rings. The summed E-state index contributed by atoms with van der Waals surface area (Å²) in [6.07, 6.45) is 4.59. The van der Waals surface area contributed by atoms with Crippen molar-refractivity contribution < 1.29 is 0 Å². The first kappa shape index (κ1) is 7.18. The topological polar surface area (TPSA) is 54.5 Å². The lowest BCUT2D eigenvalue weighted by Crippen LogP contribution is -1.87. The number of nitrogens with one attached hydrogen (secondary N) is 1. The summed E-state index contributed by atoms with van der Waals surface area (Å²) in [5.41, 5.74) is 0. The predicted molar refractivity (Wildman–Crippen MR) is 37.4 cm³/mol. The van der Waals surface area contributed by atoms with Crippen LogP contribution in [0.3, 0.4) is 0 Å². The number of nitrogens with zero attached hydrogens (tertiary/aromatic N) is 3. The van der Waals surface area contributed by atoms with Gasteiger partial charge in [0.2, 0.25) is 0 Å². The van der Waals surface area contributed by atoms with Crippen LogP contribution in [0.25, 0.3) is 0 Å². The quantitative estimate of drug-likeness (QED) is 0.633. The van der Waals surface area contributed by atoms with Crippen LogP contribution >= 0.6 is 0 Å². The maximum absolute atomic E-state index is 3.84. The average Bonchev–Trinajstić information content (AvgIpc) is 2.41. The maximum Gasteiger partial charge on any atom is 0.174 e. The number of unbranched alkanes of at least 4 members (excludes halogenated alkanes) is 2. The molecule has 1 N–H and O–H groups in total. The van der Waals surface area contributed by atoms with E-state index in [9.17, 15) is 0 Å². The molecule has 0 aliphatic rings. The third-order valence-corrected chi connectivity index (χ3v) is 1.39. The Hall–Kier alpha value is -0.930. The standard InChI is InChI=1S/C6H12N4/c1-2-3-4-5-6-7-9-10-8-6/h2-5H2,1H3,(H,7,8,9,10). The fourth-order valence-electron chi connectivity index (χ4n) is 0.822. The first-order valence-corrected chi connectivity index (χ1v) is 3.66. The van der Waals surface area contributed by atoms with Crippen molar-refractivity contribution in [3.05, 3.63) is 5.82 Å². The number of rotatable bonds is 4. The van der Waals surface area contributed by atoms with Gasteiger partial charge in [0, 0.05) is 6.42 Å². The highest BCUT2D eigenvalue weighted by atomic mass is 15.5. The minimum Gasteiger partial charge on any atom is -0.177 e. The molecule has 0 saturated heterocycles. The summed E-state index contributed by atoms with van der Waals surface area (Å²) in [5, 5.41) is 13.6. The van der Waals surface area contributed by atoms with Crippen molar-refractivity contribution >= 4 is 0 Å². The molecule has 1 heterocycles. The molecule has 1 aromatic heterocycles. The molecular weight excluding hydrogens is 128 g/mol. The summed E-state index contributed by atoms with van der Waals surface area (Å²) < 4.78 is 0. The Balaban J connectivity index is 2.15. The zero-order valence-electron chi connectivity index (χ0n) is 6.17. The summed E-state index contributed by atoms with van der Waals surface area (Å²) in [6.45, 7) is 2.18. The van der Waals surface area contributed by atoms with Gasteiger partial charge in [0.05, 0.1) is 0 Å². The van der Waals surface area contributed by atoms with Gasteiger partial charge in [-0.3, -0.25) is 0 Å². The largest absolute Gasteiger partial charge is 0.177 e. The van der Waals surface area contributed by atoms with E-state index in [1.165, 1.54) is 12.8 Å². The highest BCUT2D eigenvalue weighted by Crippen LogP contribution is 1.98. The van der Waals surface area contributed by atoms with E-state index in [0.29, 0.717) is 0 Å². The molecule has 56 valence electrons. The summed E-state index contributed by atoms with van der Waals surface area (Å²) >= 11 is 0. The molecule has 0 aliphatic carbocycles. The minimum absolute atomic E-state index is 0.827. The molecule has 0 aliphatic heterocycles. The third-order valence-electron chi connectivity index (χ3n) is 1.39. The van der Waals surface area contributed by atoms with Crippen LogP contribution in [0.4, 0.5) is 0 Å². The van der Waals surface area contributed by atoms with Crippen molar-refractivity contribution in [2.45, 2.75) is 32.6 Å². The molecule has 10 heavy (non-hydrogen) atoms. The maximum atomic E-state index is 3.84. The Kier molecular flexibility index (Phi) is 2.86. The van der Waals surface area contributed by atoms with Gasteiger partial charge in [-0.2, -0.15) is 5.21 Å². The van der Waals surface area contributed by atoms with E-state index in [-0.39, 0.29) is 0 Å². The van der Waals surface area contributed by atoms with Crippen molar-refractivity contribution in [2.75, 3.05) is 0 Å². The molecule has 0 saturated carbocycles. The molecule has 0 spiro atoms. The first-order valence-electron chi connectivity index (χ1n) is 3.66. The fourth-order valence-corrected chi connectivity index (χ4v) is 0.822. The van der Waals surface area contributed by atoms with Crippen molar-refractivity contribution in [1.82, 2.24) is 20.6 Å². The summed E-state index contributed by atoms with van der Waals surface area (Å²) in [5.74, 6) is 0.827. The number of aromatic nitrogens is 4. The molecule has 4 heteroatoms. The third kappa shape index (κ3) is 2.13. The zero-order chi connectivity index (χ0) is 7.23. The van der Waals surface area contributed by atoms with Crippen LogP contribution in [0.5, 0.6) is 0 Å². The van der Waals surface area contributed by atoms with Gasteiger partial charge < -0.3 is 0 Å². The van der Waals surface area contributed by atoms with E-state index in [2.05, 4.69) is 27.5 Å². The number of hydrogen-bond donors (Lipinski definition) is 1. The molecule has 4 nitrogen and oxygen atoms in total. The molecule has 0 bridgehead atoms. The number of aromatic amines is 1. The van der Waals surface area contributed by atoms with Crippen LogP contribution in [0.2, 0.25) is 0 Å². The lowest BCUT2D eigenvalue weighted by molar-refractivity contribution is 0.694. The van der Waals surface area contributed by atoms with Crippen molar-refractivity contribution in [3.63, 3.8) is 0 Å². The van der Waals surface area contributed by atoms with E-state index in [1.54, 1.807) is 0 Å². The second-order valence-electron chi connectivity index (χ2n) is 2.29. The van der Waals surface area contributed by atoms with Crippen LogP contribution in [0, 0.1) is 0 Å². The number of H-pyrrole nitrogens is 1. The minimum atomic E-state index is 0.827. The van der Waals surface area contributed by atoms with Crippen LogP contribution in [0.1, 0.15) is 32.0 Å². The average molecular weight is 140 g/mol. The van der Waals surface area contributed by atoms with Crippen LogP contribution in [0.15, 0.2) is 0 Å². The normalized spacial score (nSPS) is 10.1. The zero-order valence-corrected chi connectivity index (χ0v) is 6.17. The van der Waals surface area contributed by atoms with Gasteiger partial charge in [0.1, 0.15) is 0 Å². The van der Waals surface area contributed by atoms with Crippen molar-refractivity contribution in [1.29, 1.82) is 0 Å². The molecule has 0 atom stereocenters. The Morgan fingerprint density at radius 1 is 1.40 bits per heavy atom. The van der Waals surface area contributed by atoms with Gasteiger partial charge in [-0.15, -0.1) is 10.2 Å². The molecule has 1 rings (SSSR count). The highest BCUT2D eigenvalue weighted by molar-refractivity contribution is 4.74. The number of aryl methyl sites for hydroxylation is 1. The SMILES string of the molecule is CCCCCc1nn[nH]n1. The molecule has 0 amide bonds. The Labute approximate surface area is 60.0 Å². The molecule has 1 aromatic rings. The molecule has 0 aromatic carbocycles. The Morgan fingerprint density at radius 2 is 2.30 bits per heavy atom. The summed E-state index contributed by atoms with van der Waals surface area (Å²) in [4.78, 5) is 0. The van der Waals surface area contributed by atoms with Crippen LogP contribution in [-0.2, 0) is 6.42 Å². The van der Waals surface area contributed by atoms with Crippen LogP contribution in [-0.4, -0.2) is 20.6 Å².